The van der Waals surface area contributed by atoms with Crippen molar-refractivity contribution in [3.05, 3.63) is 39.9 Å². The molecule has 1 saturated heterocycles. The first kappa shape index (κ1) is 18.3. The molecule has 1 unspecified atom stereocenters. The Morgan fingerprint density at radius 3 is 2.81 bits per heavy atom. The Balaban J connectivity index is 0.00000196. The van der Waals surface area contributed by atoms with Crippen LogP contribution in [-0.4, -0.2) is 18.5 Å². The average Bonchev–Trinajstić information content (AvgIpc) is 3.09. The molecule has 4 rings (SSSR count). The molecule has 3 heterocycles. The first-order chi connectivity index (χ1) is 12.0. The largest absolute Gasteiger partial charge is 0.459 e. The van der Waals surface area contributed by atoms with Crippen LogP contribution < -0.4 is 16.3 Å². The Morgan fingerprint density at radius 1 is 1.31 bits per heavy atom. The van der Waals surface area contributed by atoms with Crippen LogP contribution in [0, 0.1) is 13.8 Å². The molecule has 1 fully saturated rings. The smallest absolute Gasteiger partial charge is 0.336 e. The lowest BCUT2D eigenvalue weighted by Gasteiger charge is -2.25. The topological polar surface area (TPSA) is 89.7 Å². The van der Waals surface area contributed by atoms with E-state index < -0.39 is 0 Å². The van der Waals surface area contributed by atoms with Gasteiger partial charge in [-0.15, -0.1) is 12.4 Å². The van der Waals surface area contributed by atoms with Gasteiger partial charge in [0.15, 0.2) is 5.58 Å². The molecule has 2 aromatic heterocycles. The van der Waals surface area contributed by atoms with E-state index in [4.69, 9.17) is 14.6 Å². The van der Waals surface area contributed by atoms with Crippen LogP contribution in [0.2, 0.25) is 0 Å². The second kappa shape index (κ2) is 6.68. The van der Waals surface area contributed by atoms with Gasteiger partial charge >= 0.3 is 5.63 Å². The lowest BCUT2D eigenvalue weighted by atomic mass is 10.1. The van der Waals surface area contributed by atoms with Gasteiger partial charge in [-0.25, -0.2) is 4.79 Å². The van der Waals surface area contributed by atoms with Crippen LogP contribution in [0.4, 0.5) is 5.69 Å². The van der Waals surface area contributed by atoms with E-state index in [0.29, 0.717) is 17.6 Å². The van der Waals surface area contributed by atoms with Crippen molar-refractivity contribution >= 4 is 45.9 Å². The molecule has 1 aliphatic heterocycles. The van der Waals surface area contributed by atoms with Gasteiger partial charge in [-0.2, -0.15) is 0 Å². The van der Waals surface area contributed by atoms with E-state index in [-0.39, 0.29) is 30.0 Å². The molecule has 6 nitrogen and oxygen atoms in total. The van der Waals surface area contributed by atoms with E-state index in [1.165, 1.54) is 6.07 Å². The molecule has 138 valence electrons. The monoisotopic (exact) mass is 376 g/mol. The van der Waals surface area contributed by atoms with Crippen molar-refractivity contribution in [2.45, 2.75) is 39.2 Å². The van der Waals surface area contributed by atoms with Crippen molar-refractivity contribution in [3.8, 4) is 0 Å². The van der Waals surface area contributed by atoms with Gasteiger partial charge in [0.05, 0.1) is 11.1 Å². The van der Waals surface area contributed by atoms with E-state index in [2.05, 4.69) is 4.90 Å². The molecule has 0 saturated carbocycles. The minimum Gasteiger partial charge on any atom is -0.459 e. The normalized spacial score (nSPS) is 17.0. The Hall–Kier alpha value is -2.47. The van der Waals surface area contributed by atoms with Gasteiger partial charge in [0.2, 0.25) is 5.91 Å². The lowest BCUT2D eigenvalue weighted by Crippen LogP contribution is -2.33. The van der Waals surface area contributed by atoms with Crippen LogP contribution in [-0.2, 0) is 4.79 Å². The van der Waals surface area contributed by atoms with Gasteiger partial charge in [0.25, 0.3) is 0 Å². The number of benzene rings is 1. The maximum Gasteiger partial charge on any atom is 0.336 e. The number of rotatable bonds is 3. The molecule has 1 amide bonds. The van der Waals surface area contributed by atoms with Crippen molar-refractivity contribution in [2.24, 2.45) is 5.73 Å². The highest BCUT2D eigenvalue weighted by atomic mass is 35.5. The van der Waals surface area contributed by atoms with Crippen molar-refractivity contribution in [1.82, 2.24) is 0 Å². The lowest BCUT2D eigenvalue weighted by molar-refractivity contribution is -0.118. The minimum atomic E-state index is -0.377. The molecule has 7 heteroatoms. The van der Waals surface area contributed by atoms with Gasteiger partial charge in [-0.3, -0.25) is 4.79 Å². The number of fused-ring (bicyclic) bond motifs is 3. The number of aryl methyl sites for hydroxylation is 2. The maximum absolute atomic E-state index is 11.9. The summed E-state index contributed by atoms with van der Waals surface area (Å²) in [5.74, 6) is 0.442. The molecule has 1 aromatic carbocycles. The van der Waals surface area contributed by atoms with E-state index in [0.717, 1.165) is 47.2 Å². The van der Waals surface area contributed by atoms with Crippen LogP contribution in [0.3, 0.4) is 0 Å². The third-order valence-corrected chi connectivity index (χ3v) is 5.02. The first-order valence-corrected chi connectivity index (χ1v) is 8.47. The van der Waals surface area contributed by atoms with E-state index in [1.54, 1.807) is 0 Å². The predicted octanol–water partition coefficient (Wildman–Crippen LogP) is 3.42. The zero-order valence-corrected chi connectivity index (χ0v) is 15.5. The number of anilines is 1. The number of furan rings is 1. The Bertz CT molecular complexity index is 1050. The van der Waals surface area contributed by atoms with Crippen molar-refractivity contribution in [3.63, 3.8) is 0 Å². The predicted molar refractivity (Wildman–Crippen MR) is 103 cm³/mol. The van der Waals surface area contributed by atoms with Crippen molar-refractivity contribution in [2.75, 3.05) is 11.4 Å². The highest BCUT2D eigenvalue weighted by Gasteiger charge is 2.31. The van der Waals surface area contributed by atoms with Crippen LogP contribution in [0.5, 0.6) is 0 Å². The number of carbonyl (C=O) groups is 1. The molecule has 1 atom stereocenters. The number of amides is 1. The first-order valence-electron chi connectivity index (χ1n) is 8.47. The molecule has 2 N–H and O–H groups in total. The molecule has 0 aliphatic carbocycles. The fourth-order valence-electron chi connectivity index (χ4n) is 3.98. The molecule has 0 spiro atoms. The number of hydrogen-bond donors (Lipinski definition) is 1. The number of nitrogens with two attached hydrogens (primary N) is 1. The molecule has 3 aromatic rings. The molecular weight excluding hydrogens is 356 g/mol. The van der Waals surface area contributed by atoms with Crippen molar-refractivity contribution in [1.29, 1.82) is 0 Å². The maximum atomic E-state index is 11.9. The number of carbonyl (C=O) groups excluding carboxylic acids is 1. The second-order valence-electron chi connectivity index (χ2n) is 6.73. The van der Waals surface area contributed by atoms with E-state index in [1.807, 2.05) is 26.0 Å². The third-order valence-electron chi connectivity index (χ3n) is 5.02. The highest BCUT2D eigenvalue weighted by molar-refractivity contribution is 6.10. The summed E-state index contributed by atoms with van der Waals surface area (Å²) in [7, 11) is 0. The summed E-state index contributed by atoms with van der Waals surface area (Å²) in [5.41, 5.74) is 8.03. The number of halogens is 1. The molecule has 0 radical (unpaired) electrons. The van der Waals surface area contributed by atoms with Crippen molar-refractivity contribution < 1.29 is 13.6 Å². The average molecular weight is 377 g/mol. The van der Waals surface area contributed by atoms with Gasteiger partial charge in [0, 0.05) is 30.5 Å². The van der Waals surface area contributed by atoms with E-state index in [9.17, 15) is 9.59 Å². The molecule has 26 heavy (non-hydrogen) atoms. The molecule has 0 bridgehead atoms. The fraction of sp³-hybridized carbons (Fsp3) is 0.368. The Labute approximate surface area is 156 Å². The summed E-state index contributed by atoms with van der Waals surface area (Å²) < 4.78 is 11.5. The summed E-state index contributed by atoms with van der Waals surface area (Å²) in [6.07, 6.45) is 2.19. The highest BCUT2D eigenvalue weighted by Crippen LogP contribution is 2.41. The molecular formula is C19H21ClN2O4. The summed E-state index contributed by atoms with van der Waals surface area (Å²) in [6, 6.07) is 5.35. The standard InChI is InChI=1S/C19H20N2O4.ClH/c1-10-8-16(23)25-19-13(10)5-6-14-17(19)18(11(2)24-14)21-7-3-4-12(21)9-15(20)22;/h5-6,8,12H,3-4,7,9H2,1-2H3,(H2,20,22);1H. The summed E-state index contributed by atoms with van der Waals surface area (Å²) in [4.78, 5) is 25.5. The number of primary amides is 1. The third kappa shape index (κ3) is 2.84. The SMILES string of the molecule is Cc1oc2ccc3c(C)cc(=O)oc3c2c1N1CCCC1CC(N)=O.Cl. The van der Waals surface area contributed by atoms with Gasteiger partial charge in [-0.05, 0) is 44.4 Å². The van der Waals surface area contributed by atoms with E-state index >= 15 is 0 Å². The Morgan fingerprint density at radius 2 is 2.08 bits per heavy atom. The number of hydrogen-bond acceptors (Lipinski definition) is 5. The zero-order chi connectivity index (χ0) is 17.7. The summed E-state index contributed by atoms with van der Waals surface area (Å²) in [5, 5.41) is 1.69. The molecule has 1 aliphatic rings. The fourth-order valence-corrected chi connectivity index (χ4v) is 3.98. The van der Waals surface area contributed by atoms with Crippen LogP contribution >= 0.6 is 12.4 Å². The summed E-state index contributed by atoms with van der Waals surface area (Å²) in [6.45, 7) is 4.61. The quantitative estimate of drug-likeness (QED) is 0.707. The van der Waals surface area contributed by atoms with Gasteiger partial charge in [0.1, 0.15) is 11.3 Å². The summed E-state index contributed by atoms with van der Waals surface area (Å²) >= 11 is 0. The van der Waals surface area contributed by atoms with Crippen LogP contribution in [0.15, 0.2) is 31.8 Å². The number of nitrogens with zero attached hydrogens (tertiary/aromatic N) is 1. The Kier molecular flexibility index (Phi) is 4.71. The van der Waals surface area contributed by atoms with Gasteiger partial charge < -0.3 is 19.5 Å². The van der Waals surface area contributed by atoms with Crippen LogP contribution in [0.1, 0.15) is 30.6 Å². The van der Waals surface area contributed by atoms with Gasteiger partial charge in [-0.1, -0.05) is 0 Å². The second-order valence-corrected chi connectivity index (χ2v) is 6.73. The zero-order valence-electron chi connectivity index (χ0n) is 14.7. The minimum absolute atomic E-state index is 0. The van der Waals surface area contributed by atoms with Crippen LogP contribution in [0.25, 0.3) is 21.9 Å².